The molecule has 3 rings (SSSR count). The first-order chi connectivity index (χ1) is 11.5. The highest BCUT2D eigenvalue weighted by Gasteiger charge is 2.43. The molecule has 0 radical (unpaired) electrons. The van der Waals surface area contributed by atoms with Gasteiger partial charge in [-0.15, -0.1) is 0 Å². The summed E-state index contributed by atoms with van der Waals surface area (Å²) in [6.07, 6.45) is -2.36. The normalized spacial score (nSPS) is 29.0. The molecule has 0 spiro atoms. The first-order valence-corrected chi connectivity index (χ1v) is 7.90. The van der Waals surface area contributed by atoms with Gasteiger partial charge in [-0.25, -0.2) is 19.5 Å². The molecular weight excluding hydrogens is 349 g/mol. The number of nitrogens with two attached hydrogens (primary N) is 1. The zero-order valence-corrected chi connectivity index (χ0v) is 12.7. The van der Waals surface area contributed by atoms with Gasteiger partial charge in [-0.3, -0.25) is 4.57 Å². The van der Waals surface area contributed by atoms with Crippen LogP contribution in [0.1, 0.15) is 7.60 Å². The lowest BCUT2D eigenvalue weighted by atomic mass is 10.1. The van der Waals surface area contributed by atoms with Crippen LogP contribution < -0.4 is 5.73 Å². The molecule has 1 aliphatic heterocycles. The third-order valence-electron chi connectivity index (χ3n) is 3.08. The lowest BCUT2D eigenvalue weighted by Gasteiger charge is -2.16. The van der Waals surface area contributed by atoms with Crippen molar-refractivity contribution in [1.82, 2.24) is 19.5 Å². The summed E-state index contributed by atoms with van der Waals surface area (Å²) in [5.41, 5.74) is 6.32. The average Bonchev–Trinajstić information content (AvgIpc) is 3.01. The van der Waals surface area contributed by atoms with Crippen molar-refractivity contribution < 1.29 is 40.7 Å². The standard InChI is InChI=1S/C10H13N5O4.H3O4P/c11-8-5-9(13-2-12-8)15(3-14-5)10-7(18)6(17)4(1-16)19-10;1-5(2,3)4/h2-4,6-7,10,16-18H,1H2,(H2,11,12,13);(H3,1,2,3,4)/t4-,6-,7-,10-;/m1./s1/i1D;/t1?,4-,6-,7-,10-;. The number of aliphatic hydroxyl groups excluding tert-OH is 3. The average molecular weight is 366 g/mol. The van der Waals surface area contributed by atoms with Crippen LogP contribution in [0.25, 0.3) is 11.2 Å². The number of ether oxygens (including phenoxy) is 1. The molecule has 1 aliphatic rings. The second kappa shape index (κ2) is 7.04. The summed E-state index contributed by atoms with van der Waals surface area (Å²) in [4.78, 5) is 33.4. The minimum Gasteiger partial charge on any atom is -0.394 e. The Morgan fingerprint density at radius 2 is 1.92 bits per heavy atom. The quantitative estimate of drug-likeness (QED) is 0.266. The van der Waals surface area contributed by atoms with E-state index in [4.69, 9.17) is 31.1 Å². The molecule has 2 aromatic heterocycles. The highest BCUT2D eigenvalue weighted by molar-refractivity contribution is 7.45. The topological polar surface area (TPSA) is 217 Å². The van der Waals surface area contributed by atoms with Crippen molar-refractivity contribution in [2.24, 2.45) is 0 Å². The third kappa shape index (κ3) is 4.03. The van der Waals surface area contributed by atoms with Gasteiger partial charge < -0.3 is 40.5 Å². The van der Waals surface area contributed by atoms with Gasteiger partial charge in [-0.2, -0.15) is 0 Å². The fourth-order valence-electron chi connectivity index (χ4n) is 2.09. The number of nitrogen functional groups attached to an aromatic ring is 1. The molecule has 0 saturated carbocycles. The summed E-state index contributed by atoms with van der Waals surface area (Å²) in [7, 11) is -4.64. The fourth-order valence-corrected chi connectivity index (χ4v) is 2.09. The van der Waals surface area contributed by atoms with Crippen LogP contribution in [0.3, 0.4) is 0 Å². The minimum absolute atomic E-state index is 0.180. The number of fused-ring (bicyclic) bond motifs is 1. The lowest BCUT2D eigenvalue weighted by Crippen LogP contribution is -2.33. The Labute approximate surface area is 135 Å². The van der Waals surface area contributed by atoms with Gasteiger partial charge in [0.05, 0.1) is 14.3 Å². The summed E-state index contributed by atoms with van der Waals surface area (Å²) in [5, 5.41) is 29.0. The largest absolute Gasteiger partial charge is 0.466 e. The summed E-state index contributed by atoms with van der Waals surface area (Å²) >= 11 is 0. The number of aromatic nitrogens is 4. The molecule has 3 heterocycles. The van der Waals surface area contributed by atoms with Crippen molar-refractivity contribution in [2.45, 2.75) is 24.5 Å². The Kier molecular flexibility index (Phi) is 5.03. The summed E-state index contributed by atoms with van der Waals surface area (Å²) < 4.78 is 22.8. The maximum Gasteiger partial charge on any atom is 0.466 e. The third-order valence-corrected chi connectivity index (χ3v) is 3.08. The summed E-state index contributed by atoms with van der Waals surface area (Å²) in [6.45, 7) is -1.67. The molecule has 24 heavy (non-hydrogen) atoms. The van der Waals surface area contributed by atoms with E-state index in [-0.39, 0.29) is 5.82 Å². The van der Waals surface area contributed by atoms with E-state index >= 15 is 0 Å². The second-order valence-electron chi connectivity index (χ2n) is 4.72. The predicted molar refractivity (Wildman–Crippen MR) is 77.0 cm³/mol. The molecule has 5 atom stereocenters. The first-order valence-electron chi connectivity index (χ1n) is 6.91. The lowest BCUT2D eigenvalue weighted by molar-refractivity contribution is -0.0511. The van der Waals surface area contributed by atoms with Gasteiger partial charge >= 0.3 is 7.82 Å². The van der Waals surface area contributed by atoms with Crippen LogP contribution in [-0.4, -0.2) is 74.4 Å². The van der Waals surface area contributed by atoms with Gasteiger partial charge in [-0.05, 0) is 0 Å². The Morgan fingerprint density at radius 1 is 1.29 bits per heavy atom. The van der Waals surface area contributed by atoms with Gasteiger partial charge in [0, 0.05) is 0 Å². The fraction of sp³-hybridized carbons (Fsp3) is 0.500. The molecule has 14 heteroatoms. The minimum atomic E-state index is -4.64. The number of hydrogen-bond acceptors (Lipinski definition) is 9. The molecule has 8 N–H and O–H groups in total. The van der Waals surface area contributed by atoms with Crippen molar-refractivity contribution in [3.63, 3.8) is 0 Å². The van der Waals surface area contributed by atoms with Crippen molar-refractivity contribution in [2.75, 3.05) is 12.3 Å². The maximum absolute atomic E-state index is 9.98. The Balaban J connectivity index is 0.000000399. The van der Waals surface area contributed by atoms with E-state index in [2.05, 4.69) is 15.0 Å². The van der Waals surface area contributed by atoms with Crippen LogP contribution in [-0.2, 0) is 9.30 Å². The monoisotopic (exact) mass is 366 g/mol. The smallest absolute Gasteiger partial charge is 0.394 e. The number of hydrogen-bond donors (Lipinski definition) is 7. The number of imidazole rings is 1. The van der Waals surface area contributed by atoms with Crippen molar-refractivity contribution >= 4 is 24.8 Å². The van der Waals surface area contributed by atoms with Crippen LogP contribution in [0.15, 0.2) is 12.7 Å². The van der Waals surface area contributed by atoms with Gasteiger partial charge in [0.2, 0.25) is 0 Å². The Bertz CT molecular complexity index is 775. The Morgan fingerprint density at radius 3 is 2.46 bits per heavy atom. The number of nitrogens with zero attached hydrogens (tertiary/aromatic N) is 4. The Hall–Kier alpha value is -1.70. The zero-order chi connectivity index (χ0) is 18.9. The van der Waals surface area contributed by atoms with Crippen molar-refractivity contribution in [3.8, 4) is 0 Å². The van der Waals surface area contributed by atoms with Gasteiger partial charge in [0.25, 0.3) is 0 Å². The van der Waals surface area contributed by atoms with E-state index in [0.29, 0.717) is 11.2 Å². The van der Waals surface area contributed by atoms with E-state index < -0.39 is 38.9 Å². The van der Waals surface area contributed by atoms with E-state index in [1.165, 1.54) is 17.2 Å². The number of anilines is 1. The number of aliphatic hydroxyl groups is 3. The summed E-state index contributed by atoms with van der Waals surface area (Å²) in [5.74, 6) is 0.180. The van der Waals surface area contributed by atoms with E-state index in [9.17, 15) is 15.3 Å². The van der Waals surface area contributed by atoms with Crippen LogP contribution in [0.4, 0.5) is 5.82 Å². The van der Waals surface area contributed by atoms with Crippen molar-refractivity contribution in [1.29, 1.82) is 0 Å². The molecule has 0 amide bonds. The second-order valence-corrected chi connectivity index (χ2v) is 5.74. The molecular formula is C10H16N5O8P. The molecule has 1 fully saturated rings. The predicted octanol–water partition coefficient (Wildman–Crippen LogP) is -2.91. The molecule has 0 bridgehead atoms. The van der Waals surface area contributed by atoms with Crippen LogP contribution in [0.5, 0.6) is 0 Å². The van der Waals surface area contributed by atoms with Gasteiger partial charge in [0.1, 0.15) is 30.2 Å². The van der Waals surface area contributed by atoms with Crippen LogP contribution >= 0.6 is 7.82 Å². The molecule has 2 aromatic rings. The van der Waals surface area contributed by atoms with E-state index in [0.717, 1.165) is 0 Å². The van der Waals surface area contributed by atoms with Crippen LogP contribution in [0.2, 0.25) is 0 Å². The first kappa shape index (κ1) is 17.1. The van der Waals surface area contributed by atoms with E-state index in [1.54, 1.807) is 0 Å². The SMILES string of the molecule is O=P(O)(O)O.[2H]C(O)[C@H]1O[C@@H](n2cnc3c(N)ncnc32)[C@H](O)[C@@H]1O. The summed E-state index contributed by atoms with van der Waals surface area (Å²) in [6, 6.07) is 0. The molecule has 1 unspecified atom stereocenters. The molecule has 134 valence electrons. The molecule has 0 aliphatic carbocycles. The number of rotatable bonds is 2. The highest BCUT2D eigenvalue weighted by atomic mass is 31.2. The van der Waals surface area contributed by atoms with Crippen LogP contribution in [0, 0.1) is 0 Å². The highest BCUT2D eigenvalue weighted by Crippen LogP contribution is 2.31. The maximum atomic E-state index is 9.98. The van der Waals surface area contributed by atoms with Gasteiger partial charge in [-0.1, -0.05) is 0 Å². The molecule has 1 saturated heterocycles. The molecule has 13 nitrogen and oxygen atoms in total. The van der Waals surface area contributed by atoms with Gasteiger partial charge in [0.15, 0.2) is 17.7 Å². The zero-order valence-electron chi connectivity index (χ0n) is 12.9. The number of phosphoric acid groups is 1. The molecule has 0 aromatic carbocycles. The van der Waals surface area contributed by atoms with Crippen molar-refractivity contribution in [3.05, 3.63) is 12.7 Å². The van der Waals surface area contributed by atoms with E-state index in [1.807, 2.05) is 0 Å².